The number of nitrogens with two attached hydrogens (primary N) is 1. The lowest BCUT2D eigenvalue weighted by molar-refractivity contribution is 0.484. The summed E-state index contributed by atoms with van der Waals surface area (Å²) in [5.41, 5.74) is 7.30. The van der Waals surface area contributed by atoms with Crippen molar-refractivity contribution in [2.45, 2.75) is 45.6 Å². The molecule has 5 heteroatoms. The van der Waals surface area contributed by atoms with Crippen molar-refractivity contribution in [1.29, 1.82) is 0 Å². The maximum atomic E-state index is 5.76. The van der Waals surface area contributed by atoms with E-state index in [4.69, 9.17) is 5.73 Å². The van der Waals surface area contributed by atoms with E-state index in [1.54, 1.807) is 0 Å². The molecule has 0 aliphatic carbocycles. The van der Waals surface area contributed by atoms with Gasteiger partial charge in [-0.1, -0.05) is 26.2 Å². The molecule has 2 N–H and O–H groups in total. The highest BCUT2D eigenvalue weighted by atomic mass is 15.1. The molecule has 2 aromatic rings. The van der Waals surface area contributed by atoms with Crippen LogP contribution in [0, 0.1) is 0 Å². The van der Waals surface area contributed by atoms with Crippen molar-refractivity contribution >= 4 is 17.0 Å². The third-order valence-electron chi connectivity index (χ3n) is 3.09. The molecule has 1 unspecified atom stereocenters. The zero-order valence-corrected chi connectivity index (χ0v) is 10.4. The second-order valence-corrected chi connectivity index (χ2v) is 4.43. The van der Waals surface area contributed by atoms with E-state index in [2.05, 4.69) is 33.4 Å². The highest BCUT2D eigenvalue weighted by Crippen LogP contribution is 2.21. The Labute approximate surface area is 101 Å². The van der Waals surface area contributed by atoms with Gasteiger partial charge in [0.1, 0.15) is 11.8 Å². The third kappa shape index (κ3) is 2.38. The number of fused-ring (bicyclic) bond motifs is 1. The molecule has 0 radical (unpaired) electrons. The Balaban J connectivity index is 2.21. The molecule has 0 spiro atoms. The molecule has 92 valence electrons. The van der Waals surface area contributed by atoms with Crippen LogP contribution in [0.5, 0.6) is 0 Å². The number of nitrogen functional groups attached to an aromatic ring is 1. The Hall–Kier alpha value is -1.65. The van der Waals surface area contributed by atoms with Gasteiger partial charge in [0.05, 0.1) is 6.33 Å². The van der Waals surface area contributed by atoms with E-state index in [0.29, 0.717) is 17.4 Å². The van der Waals surface area contributed by atoms with Gasteiger partial charge in [0.25, 0.3) is 0 Å². The van der Waals surface area contributed by atoms with Crippen molar-refractivity contribution in [3.8, 4) is 0 Å². The van der Waals surface area contributed by atoms with Gasteiger partial charge in [-0.2, -0.15) is 0 Å². The fourth-order valence-electron chi connectivity index (χ4n) is 2.02. The SMILES string of the molecule is CCCCCC(C)n1cnc2c(N)ncnc21. The van der Waals surface area contributed by atoms with Crippen molar-refractivity contribution in [2.75, 3.05) is 5.73 Å². The Morgan fingerprint density at radius 2 is 2.12 bits per heavy atom. The van der Waals surface area contributed by atoms with Crippen molar-refractivity contribution in [3.63, 3.8) is 0 Å². The summed E-state index contributed by atoms with van der Waals surface area (Å²) in [7, 11) is 0. The van der Waals surface area contributed by atoms with E-state index >= 15 is 0 Å². The summed E-state index contributed by atoms with van der Waals surface area (Å²) in [5, 5.41) is 0. The number of anilines is 1. The number of rotatable bonds is 5. The minimum absolute atomic E-state index is 0.404. The molecule has 17 heavy (non-hydrogen) atoms. The van der Waals surface area contributed by atoms with Crippen LogP contribution in [-0.4, -0.2) is 19.5 Å². The average Bonchev–Trinajstić information content (AvgIpc) is 2.74. The van der Waals surface area contributed by atoms with Crippen molar-refractivity contribution in [3.05, 3.63) is 12.7 Å². The van der Waals surface area contributed by atoms with Gasteiger partial charge in [-0.25, -0.2) is 15.0 Å². The van der Waals surface area contributed by atoms with Gasteiger partial charge in [-0.05, 0) is 13.3 Å². The lowest BCUT2D eigenvalue weighted by atomic mass is 10.1. The van der Waals surface area contributed by atoms with Crippen LogP contribution in [0.1, 0.15) is 45.6 Å². The lowest BCUT2D eigenvalue weighted by Gasteiger charge is -2.13. The summed E-state index contributed by atoms with van der Waals surface area (Å²) in [6.07, 6.45) is 8.20. The molecule has 0 aliphatic heterocycles. The number of imidazole rings is 1. The van der Waals surface area contributed by atoms with Crippen LogP contribution >= 0.6 is 0 Å². The molecule has 5 nitrogen and oxygen atoms in total. The van der Waals surface area contributed by atoms with Crippen LogP contribution in [0.3, 0.4) is 0 Å². The summed E-state index contributed by atoms with van der Waals surface area (Å²) in [4.78, 5) is 12.5. The summed E-state index contributed by atoms with van der Waals surface area (Å²) in [5.74, 6) is 0.453. The molecule has 2 heterocycles. The quantitative estimate of drug-likeness (QED) is 0.806. The molecular formula is C12H19N5. The van der Waals surface area contributed by atoms with Crippen molar-refractivity contribution in [2.24, 2.45) is 0 Å². The highest BCUT2D eigenvalue weighted by Gasteiger charge is 2.12. The van der Waals surface area contributed by atoms with E-state index in [9.17, 15) is 0 Å². The number of aromatic nitrogens is 4. The minimum Gasteiger partial charge on any atom is -0.382 e. The molecule has 1 atom stereocenters. The maximum Gasteiger partial charge on any atom is 0.165 e. The van der Waals surface area contributed by atoms with Crippen LogP contribution in [-0.2, 0) is 0 Å². The highest BCUT2D eigenvalue weighted by molar-refractivity contribution is 5.81. The first kappa shape index (κ1) is 11.8. The van der Waals surface area contributed by atoms with Gasteiger partial charge in [-0.3, -0.25) is 0 Å². The molecule has 0 fully saturated rings. The molecular weight excluding hydrogens is 214 g/mol. The predicted octanol–water partition coefficient (Wildman–Crippen LogP) is 2.55. The summed E-state index contributed by atoms with van der Waals surface area (Å²) in [6.45, 7) is 4.40. The Kier molecular flexibility index (Phi) is 3.56. The standard InChI is InChI=1S/C12H19N5/c1-3-4-5-6-9(2)17-8-16-10-11(13)14-7-15-12(10)17/h7-9H,3-6H2,1-2H3,(H2,13,14,15). The van der Waals surface area contributed by atoms with Gasteiger partial charge in [0.2, 0.25) is 0 Å². The maximum absolute atomic E-state index is 5.76. The largest absolute Gasteiger partial charge is 0.382 e. The van der Waals surface area contributed by atoms with Crippen LogP contribution < -0.4 is 5.73 Å². The van der Waals surface area contributed by atoms with Gasteiger partial charge >= 0.3 is 0 Å². The summed E-state index contributed by atoms with van der Waals surface area (Å²) in [6, 6.07) is 0.404. The third-order valence-corrected chi connectivity index (χ3v) is 3.09. The Bertz CT molecular complexity index is 491. The van der Waals surface area contributed by atoms with Gasteiger partial charge < -0.3 is 10.3 Å². The second kappa shape index (κ2) is 5.12. The predicted molar refractivity (Wildman–Crippen MR) is 68.6 cm³/mol. The number of hydrogen-bond acceptors (Lipinski definition) is 4. The fraction of sp³-hybridized carbons (Fsp3) is 0.583. The zero-order chi connectivity index (χ0) is 12.3. The first-order chi connectivity index (χ1) is 8.24. The molecule has 0 saturated carbocycles. The molecule has 0 aliphatic rings. The van der Waals surface area contributed by atoms with Crippen LogP contribution in [0.2, 0.25) is 0 Å². The van der Waals surface area contributed by atoms with Gasteiger partial charge in [0.15, 0.2) is 11.5 Å². The first-order valence-corrected chi connectivity index (χ1v) is 6.17. The minimum atomic E-state index is 0.404. The van der Waals surface area contributed by atoms with E-state index < -0.39 is 0 Å². The average molecular weight is 233 g/mol. The van der Waals surface area contributed by atoms with Gasteiger partial charge in [-0.15, -0.1) is 0 Å². The molecule has 0 bridgehead atoms. The van der Waals surface area contributed by atoms with Crippen molar-refractivity contribution in [1.82, 2.24) is 19.5 Å². The number of hydrogen-bond donors (Lipinski definition) is 1. The summed E-state index contributed by atoms with van der Waals surface area (Å²) >= 11 is 0. The lowest BCUT2D eigenvalue weighted by Crippen LogP contribution is -2.05. The van der Waals surface area contributed by atoms with E-state index in [1.165, 1.54) is 25.6 Å². The van der Waals surface area contributed by atoms with Crippen LogP contribution in [0.25, 0.3) is 11.2 Å². The topological polar surface area (TPSA) is 69.6 Å². The molecule has 0 aromatic carbocycles. The molecule has 2 aromatic heterocycles. The van der Waals surface area contributed by atoms with E-state index in [-0.39, 0.29) is 0 Å². The Morgan fingerprint density at radius 3 is 2.88 bits per heavy atom. The normalized spacial score (nSPS) is 13.1. The van der Waals surface area contributed by atoms with Gasteiger partial charge in [0, 0.05) is 6.04 Å². The van der Waals surface area contributed by atoms with Crippen LogP contribution in [0.4, 0.5) is 5.82 Å². The monoisotopic (exact) mass is 233 g/mol. The molecule has 2 rings (SSSR count). The second-order valence-electron chi connectivity index (χ2n) is 4.43. The number of nitrogens with zero attached hydrogens (tertiary/aromatic N) is 4. The zero-order valence-electron chi connectivity index (χ0n) is 10.4. The molecule has 0 saturated heterocycles. The smallest absolute Gasteiger partial charge is 0.165 e. The van der Waals surface area contributed by atoms with E-state index in [0.717, 1.165) is 12.1 Å². The summed E-state index contributed by atoms with van der Waals surface area (Å²) < 4.78 is 2.09. The van der Waals surface area contributed by atoms with E-state index in [1.807, 2.05) is 6.33 Å². The first-order valence-electron chi connectivity index (χ1n) is 6.17. The Morgan fingerprint density at radius 1 is 1.29 bits per heavy atom. The fourth-order valence-corrected chi connectivity index (χ4v) is 2.02. The number of unbranched alkanes of at least 4 members (excludes halogenated alkanes) is 2. The van der Waals surface area contributed by atoms with Crippen molar-refractivity contribution < 1.29 is 0 Å². The van der Waals surface area contributed by atoms with Crippen LogP contribution in [0.15, 0.2) is 12.7 Å². The molecule has 0 amide bonds.